The zero-order valence-corrected chi connectivity index (χ0v) is 16.6. The largest absolute Gasteiger partial charge is 0.470 e. The second-order valence-electron chi connectivity index (χ2n) is 7.63. The minimum absolute atomic E-state index is 0. The number of fused-ring (bicyclic) bond motifs is 1. The van der Waals surface area contributed by atoms with Gasteiger partial charge in [-0.25, -0.2) is 15.0 Å². The Labute approximate surface area is 171 Å². The molecule has 1 aliphatic carbocycles. The van der Waals surface area contributed by atoms with Crippen molar-refractivity contribution in [2.75, 3.05) is 18.0 Å². The molecular formula is C22H25ClN4O. The summed E-state index contributed by atoms with van der Waals surface area (Å²) in [7, 11) is 0. The Bertz CT molecular complexity index is 938. The fraction of sp³-hybridized carbons (Fsp3) is 0.409. The summed E-state index contributed by atoms with van der Waals surface area (Å²) in [5.41, 5.74) is 2.23. The number of ether oxygens (including phenoxy) is 1. The molecule has 0 bridgehead atoms. The van der Waals surface area contributed by atoms with E-state index in [2.05, 4.69) is 39.1 Å². The summed E-state index contributed by atoms with van der Waals surface area (Å²) in [4.78, 5) is 15.7. The van der Waals surface area contributed by atoms with Crippen molar-refractivity contribution in [1.29, 1.82) is 0 Å². The molecule has 5 rings (SSSR count). The van der Waals surface area contributed by atoms with Crippen LogP contribution in [0.1, 0.15) is 43.6 Å². The first-order valence-corrected chi connectivity index (χ1v) is 9.94. The third-order valence-corrected chi connectivity index (χ3v) is 5.78. The van der Waals surface area contributed by atoms with Gasteiger partial charge in [-0.15, -0.1) is 12.4 Å². The average Bonchev–Trinajstić information content (AvgIpc) is 2.71. The van der Waals surface area contributed by atoms with Crippen molar-refractivity contribution in [2.45, 2.75) is 44.1 Å². The molecule has 146 valence electrons. The zero-order valence-electron chi connectivity index (χ0n) is 15.8. The number of aromatic nitrogens is 3. The van der Waals surface area contributed by atoms with E-state index < -0.39 is 0 Å². The fourth-order valence-corrected chi connectivity index (χ4v) is 4.21. The second-order valence-corrected chi connectivity index (χ2v) is 7.63. The Morgan fingerprint density at radius 2 is 1.79 bits per heavy atom. The summed E-state index contributed by atoms with van der Waals surface area (Å²) in [5, 5.41) is 1.17. The van der Waals surface area contributed by atoms with Crippen molar-refractivity contribution < 1.29 is 4.74 Å². The number of hydrogen-bond acceptors (Lipinski definition) is 5. The van der Waals surface area contributed by atoms with Crippen molar-refractivity contribution in [3.63, 3.8) is 0 Å². The maximum absolute atomic E-state index is 6.25. The zero-order chi connectivity index (χ0) is 18.1. The molecule has 3 aromatic rings. The Balaban J connectivity index is 0.00000192. The Hall–Kier alpha value is -2.40. The number of benzene rings is 1. The average molecular weight is 397 g/mol. The van der Waals surface area contributed by atoms with E-state index in [0.29, 0.717) is 5.92 Å². The van der Waals surface area contributed by atoms with E-state index in [4.69, 9.17) is 9.72 Å². The van der Waals surface area contributed by atoms with Crippen LogP contribution in [0, 0.1) is 0 Å². The lowest BCUT2D eigenvalue weighted by molar-refractivity contribution is 0.156. The smallest absolute Gasteiger partial charge is 0.220 e. The minimum Gasteiger partial charge on any atom is -0.470 e. The van der Waals surface area contributed by atoms with Crippen LogP contribution in [0.4, 0.5) is 5.82 Å². The first kappa shape index (κ1) is 18.9. The van der Waals surface area contributed by atoms with Gasteiger partial charge in [0.25, 0.3) is 0 Å². The molecule has 2 fully saturated rings. The van der Waals surface area contributed by atoms with Crippen LogP contribution in [0.25, 0.3) is 10.9 Å². The highest BCUT2D eigenvalue weighted by Gasteiger charge is 2.31. The molecule has 28 heavy (non-hydrogen) atoms. The summed E-state index contributed by atoms with van der Waals surface area (Å²) in [6.07, 6.45) is 10.1. The standard InChI is InChI=1S/C22H24N4O.ClH/c1-2-6-16(7-3-1)19-12-23-15-24-22(19)27-18-13-26(14-18)21-11-10-17-8-4-5-9-20(17)25-21;/h4-5,8-12,15-16,18H,1-3,6-7,13-14H2;1H. The van der Waals surface area contributed by atoms with Gasteiger partial charge >= 0.3 is 0 Å². The summed E-state index contributed by atoms with van der Waals surface area (Å²) in [6.45, 7) is 1.69. The monoisotopic (exact) mass is 396 g/mol. The molecule has 2 aromatic heterocycles. The van der Waals surface area contributed by atoms with E-state index in [1.807, 2.05) is 18.3 Å². The number of para-hydroxylation sites is 1. The Morgan fingerprint density at radius 1 is 0.964 bits per heavy atom. The van der Waals surface area contributed by atoms with E-state index >= 15 is 0 Å². The molecule has 0 amide bonds. The maximum atomic E-state index is 6.25. The van der Waals surface area contributed by atoms with Gasteiger partial charge in [-0.2, -0.15) is 0 Å². The lowest BCUT2D eigenvalue weighted by Gasteiger charge is -2.40. The molecule has 0 N–H and O–H groups in total. The van der Waals surface area contributed by atoms with Gasteiger partial charge < -0.3 is 9.64 Å². The van der Waals surface area contributed by atoms with Gasteiger partial charge in [0, 0.05) is 17.1 Å². The van der Waals surface area contributed by atoms with Gasteiger partial charge in [-0.1, -0.05) is 37.5 Å². The number of halogens is 1. The van der Waals surface area contributed by atoms with Crippen molar-refractivity contribution in [1.82, 2.24) is 15.0 Å². The molecule has 1 aliphatic heterocycles. The van der Waals surface area contributed by atoms with E-state index in [-0.39, 0.29) is 18.5 Å². The quantitative estimate of drug-likeness (QED) is 0.636. The molecule has 1 aromatic carbocycles. The fourth-order valence-electron chi connectivity index (χ4n) is 4.21. The molecule has 2 aliphatic rings. The van der Waals surface area contributed by atoms with Crippen LogP contribution in [0.3, 0.4) is 0 Å². The number of rotatable bonds is 4. The molecule has 1 saturated carbocycles. The predicted molar refractivity (Wildman–Crippen MR) is 113 cm³/mol. The van der Waals surface area contributed by atoms with Gasteiger partial charge in [0.05, 0.1) is 18.6 Å². The van der Waals surface area contributed by atoms with E-state index in [0.717, 1.165) is 30.3 Å². The molecule has 3 heterocycles. The van der Waals surface area contributed by atoms with E-state index in [1.54, 1.807) is 6.33 Å². The van der Waals surface area contributed by atoms with E-state index in [9.17, 15) is 0 Å². The topological polar surface area (TPSA) is 51.1 Å². The highest BCUT2D eigenvalue weighted by molar-refractivity contribution is 5.85. The molecule has 0 spiro atoms. The third-order valence-electron chi connectivity index (χ3n) is 5.78. The van der Waals surface area contributed by atoms with Crippen molar-refractivity contribution >= 4 is 29.1 Å². The lowest BCUT2D eigenvalue weighted by Crippen LogP contribution is -2.54. The molecular weight excluding hydrogens is 372 g/mol. The molecule has 5 nitrogen and oxygen atoms in total. The number of hydrogen-bond donors (Lipinski definition) is 0. The molecule has 6 heteroatoms. The SMILES string of the molecule is Cl.c1ccc2nc(N3CC(Oc4ncncc4C4CCCCC4)C3)ccc2c1. The molecule has 0 unspecified atom stereocenters. The molecule has 1 saturated heterocycles. The Morgan fingerprint density at radius 3 is 2.64 bits per heavy atom. The molecule has 0 radical (unpaired) electrons. The van der Waals surface area contributed by atoms with Crippen LogP contribution in [0.2, 0.25) is 0 Å². The van der Waals surface area contributed by atoms with Gasteiger partial charge in [-0.3, -0.25) is 0 Å². The summed E-state index contributed by atoms with van der Waals surface area (Å²) in [6, 6.07) is 12.5. The maximum Gasteiger partial charge on any atom is 0.220 e. The van der Waals surface area contributed by atoms with Crippen molar-refractivity contribution in [3.8, 4) is 5.88 Å². The Kier molecular flexibility index (Phi) is 5.62. The van der Waals surface area contributed by atoms with Crippen molar-refractivity contribution in [2.24, 2.45) is 0 Å². The van der Waals surface area contributed by atoms with Crippen LogP contribution in [0.15, 0.2) is 48.9 Å². The van der Waals surface area contributed by atoms with Crippen LogP contribution >= 0.6 is 12.4 Å². The summed E-state index contributed by atoms with van der Waals surface area (Å²) < 4.78 is 6.25. The second kappa shape index (κ2) is 8.31. The highest BCUT2D eigenvalue weighted by Crippen LogP contribution is 2.36. The summed E-state index contributed by atoms with van der Waals surface area (Å²) in [5.74, 6) is 2.35. The third kappa shape index (κ3) is 3.76. The van der Waals surface area contributed by atoms with Gasteiger partial charge in [0.1, 0.15) is 18.2 Å². The lowest BCUT2D eigenvalue weighted by atomic mass is 9.85. The van der Waals surface area contributed by atoms with Crippen LogP contribution < -0.4 is 9.64 Å². The van der Waals surface area contributed by atoms with Crippen molar-refractivity contribution in [3.05, 3.63) is 54.5 Å². The van der Waals surface area contributed by atoms with Gasteiger partial charge in [0.2, 0.25) is 5.88 Å². The van der Waals surface area contributed by atoms with Crippen LogP contribution in [0.5, 0.6) is 5.88 Å². The molecule has 0 atom stereocenters. The highest BCUT2D eigenvalue weighted by atomic mass is 35.5. The van der Waals surface area contributed by atoms with E-state index in [1.165, 1.54) is 43.1 Å². The van der Waals surface area contributed by atoms with Crippen LogP contribution in [-0.4, -0.2) is 34.1 Å². The summed E-state index contributed by atoms with van der Waals surface area (Å²) >= 11 is 0. The minimum atomic E-state index is 0. The van der Waals surface area contributed by atoms with Gasteiger partial charge in [0.15, 0.2) is 0 Å². The van der Waals surface area contributed by atoms with Gasteiger partial charge in [-0.05, 0) is 37.0 Å². The number of anilines is 1. The van der Waals surface area contributed by atoms with Crippen LogP contribution in [-0.2, 0) is 0 Å². The normalized spacial score (nSPS) is 17.8. The number of nitrogens with zero attached hydrogens (tertiary/aromatic N) is 4. The number of pyridine rings is 1. The predicted octanol–water partition coefficient (Wildman–Crippen LogP) is 4.76. The first-order chi connectivity index (χ1) is 13.4. The first-order valence-electron chi connectivity index (χ1n) is 9.94.